The molecule has 1 aromatic carbocycles. The first-order valence-electron chi connectivity index (χ1n) is 10.4. The number of pyridine rings is 2. The van der Waals surface area contributed by atoms with Crippen molar-refractivity contribution in [1.29, 1.82) is 0 Å². The minimum Gasteiger partial charge on any atom is -0.447 e. The Kier molecular flexibility index (Phi) is 6.76. The highest BCUT2D eigenvalue weighted by Gasteiger charge is 2.25. The van der Waals surface area contributed by atoms with E-state index in [1.807, 2.05) is 0 Å². The number of aliphatic hydroxyl groups is 1. The third-order valence-corrected chi connectivity index (χ3v) is 5.19. The molecule has 3 aromatic heterocycles. The molecule has 0 atom stereocenters. The molecule has 0 unspecified atom stereocenters. The van der Waals surface area contributed by atoms with Gasteiger partial charge in [-0.15, -0.1) is 0 Å². The van der Waals surface area contributed by atoms with Gasteiger partial charge in [-0.25, -0.2) is 9.97 Å². The molecule has 0 spiro atoms. The van der Waals surface area contributed by atoms with Gasteiger partial charge in [-0.05, 0) is 48.5 Å². The van der Waals surface area contributed by atoms with Crippen LogP contribution >= 0.6 is 11.6 Å². The van der Waals surface area contributed by atoms with Gasteiger partial charge in [0.25, 0.3) is 17.7 Å². The largest absolute Gasteiger partial charge is 0.447 e. The Morgan fingerprint density at radius 1 is 0.971 bits per heavy atom. The van der Waals surface area contributed by atoms with Crippen LogP contribution in [0.5, 0.6) is 0 Å². The highest BCUT2D eigenvalue weighted by molar-refractivity contribution is 6.30. The lowest BCUT2D eigenvalue weighted by atomic mass is 10.1. The van der Waals surface area contributed by atoms with E-state index in [9.17, 15) is 19.5 Å². The number of carbonyl (C=O) groups is 3. The predicted molar refractivity (Wildman–Crippen MR) is 130 cm³/mol. The maximum absolute atomic E-state index is 13.0. The normalized spacial score (nSPS) is 10.7. The Labute approximate surface area is 204 Å². The molecule has 0 bridgehead atoms. The molecular formula is C24H20ClN5O5. The molecule has 0 aliphatic heterocycles. The molecule has 0 aliphatic carbocycles. The second kappa shape index (κ2) is 9.92. The fourth-order valence-electron chi connectivity index (χ4n) is 3.21. The Morgan fingerprint density at radius 3 is 2.31 bits per heavy atom. The van der Waals surface area contributed by atoms with Gasteiger partial charge in [-0.2, -0.15) is 0 Å². The maximum atomic E-state index is 13.0. The zero-order valence-corrected chi connectivity index (χ0v) is 19.5. The molecule has 10 nitrogen and oxygen atoms in total. The van der Waals surface area contributed by atoms with Gasteiger partial charge >= 0.3 is 0 Å². The summed E-state index contributed by atoms with van der Waals surface area (Å²) >= 11 is 5.84. The van der Waals surface area contributed by atoms with E-state index in [0.717, 1.165) is 0 Å². The number of hydrogen-bond donors (Lipinski definition) is 3. The van der Waals surface area contributed by atoms with Crippen LogP contribution in [-0.2, 0) is 6.61 Å². The molecule has 0 aliphatic rings. The summed E-state index contributed by atoms with van der Waals surface area (Å²) in [5, 5.41) is 15.1. The molecule has 178 valence electrons. The van der Waals surface area contributed by atoms with E-state index in [4.69, 9.17) is 16.0 Å². The van der Waals surface area contributed by atoms with Gasteiger partial charge in [0, 0.05) is 31.4 Å². The van der Waals surface area contributed by atoms with Crippen LogP contribution in [0, 0.1) is 0 Å². The van der Waals surface area contributed by atoms with Crippen molar-refractivity contribution in [2.45, 2.75) is 6.61 Å². The molecule has 3 amide bonds. The zero-order chi connectivity index (χ0) is 25.1. The quantitative estimate of drug-likeness (QED) is 0.373. The molecule has 4 aromatic rings. The van der Waals surface area contributed by atoms with Gasteiger partial charge in [-0.3, -0.25) is 14.4 Å². The van der Waals surface area contributed by atoms with E-state index in [2.05, 4.69) is 20.6 Å². The van der Waals surface area contributed by atoms with E-state index in [0.29, 0.717) is 16.3 Å². The SMILES string of the molecule is CN(C)C(=O)c1ccc(C(=O)Nc2c(C(=O)Nc3ccc(Cl)cn3)oc3ccc(CO)nc23)cc1. The van der Waals surface area contributed by atoms with Gasteiger partial charge in [0.05, 0.1) is 17.3 Å². The first kappa shape index (κ1) is 23.9. The summed E-state index contributed by atoms with van der Waals surface area (Å²) in [5.41, 5.74) is 1.45. The summed E-state index contributed by atoms with van der Waals surface area (Å²) in [6.07, 6.45) is 1.37. The summed E-state index contributed by atoms with van der Waals surface area (Å²) in [5.74, 6) is -1.40. The number of fused-ring (bicyclic) bond motifs is 1. The summed E-state index contributed by atoms with van der Waals surface area (Å²) in [6, 6.07) is 12.2. The molecule has 0 fully saturated rings. The van der Waals surface area contributed by atoms with Crippen LogP contribution in [0.1, 0.15) is 37.0 Å². The molecule has 11 heteroatoms. The van der Waals surface area contributed by atoms with Crippen LogP contribution in [0.25, 0.3) is 11.1 Å². The van der Waals surface area contributed by atoms with E-state index in [1.165, 1.54) is 41.4 Å². The average Bonchev–Trinajstić information content (AvgIpc) is 3.22. The molecule has 35 heavy (non-hydrogen) atoms. The number of furan rings is 1. The molecular weight excluding hydrogens is 474 g/mol. The van der Waals surface area contributed by atoms with Gasteiger partial charge < -0.3 is 25.1 Å². The number of hydrogen-bond acceptors (Lipinski definition) is 7. The van der Waals surface area contributed by atoms with E-state index < -0.39 is 11.8 Å². The Hall–Kier alpha value is -4.28. The van der Waals surface area contributed by atoms with Crippen molar-refractivity contribution in [2.75, 3.05) is 24.7 Å². The first-order chi connectivity index (χ1) is 16.8. The van der Waals surface area contributed by atoms with E-state index in [1.54, 1.807) is 32.3 Å². The Bertz CT molecular complexity index is 1420. The average molecular weight is 494 g/mol. The number of benzene rings is 1. The van der Waals surface area contributed by atoms with Crippen LogP contribution in [0.3, 0.4) is 0 Å². The second-order valence-corrected chi connectivity index (χ2v) is 8.10. The van der Waals surface area contributed by atoms with Crippen LogP contribution in [0.2, 0.25) is 5.02 Å². The predicted octanol–water partition coefficient (Wildman–Crippen LogP) is 3.57. The summed E-state index contributed by atoms with van der Waals surface area (Å²) in [4.78, 5) is 47.9. The maximum Gasteiger partial charge on any atom is 0.294 e. The lowest BCUT2D eigenvalue weighted by Crippen LogP contribution is -2.22. The Morgan fingerprint density at radius 2 is 1.69 bits per heavy atom. The minimum atomic E-state index is -0.675. The monoisotopic (exact) mass is 493 g/mol. The smallest absolute Gasteiger partial charge is 0.294 e. The molecule has 4 rings (SSSR count). The number of aromatic nitrogens is 2. The van der Waals surface area contributed by atoms with E-state index >= 15 is 0 Å². The highest BCUT2D eigenvalue weighted by atomic mass is 35.5. The van der Waals surface area contributed by atoms with Crippen molar-refractivity contribution in [3.8, 4) is 0 Å². The molecule has 3 heterocycles. The first-order valence-corrected chi connectivity index (χ1v) is 10.7. The fraction of sp³-hybridized carbons (Fsp3) is 0.125. The summed E-state index contributed by atoms with van der Waals surface area (Å²) in [6.45, 7) is -0.341. The number of nitrogens with zero attached hydrogens (tertiary/aromatic N) is 3. The number of aliphatic hydroxyl groups excluding tert-OH is 1. The van der Waals surface area contributed by atoms with Gasteiger partial charge in [0.1, 0.15) is 17.0 Å². The van der Waals surface area contributed by atoms with Gasteiger partial charge in [0.15, 0.2) is 5.58 Å². The number of anilines is 2. The third-order valence-electron chi connectivity index (χ3n) is 4.97. The van der Waals surface area contributed by atoms with Crippen LogP contribution in [-0.4, -0.2) is 51.8 Å². The second-order valence-electron chi connectivity index (χ2n) is 7.66. The van der Waals surface area contributed by atoms with Crippen molar-refractivity contribution in [3.63, 3.8) is 0 Å². The van der Waals surface area contributed by atoms with Crippen molar-refractivity contribution >= 4 is 51.9 Å². The minimum absolute atomic E-state index is 0.0280. The lowest BCUT2D eigenvalue weighted by Gasteiger charge is -2.11. The van der Waals surface area contributed by atoms with Gasteiger partial charge in [-0.1, -0.05) is 11.6 Å². The topological polar surface area (TPSA) is 138 Å². The summed E-state index contributed by atoms with van der Waals surface area (Å²) < 4.78 is 5.70. The summed E-state index contributed by atoms with van der Waals surface area (Å²) in [7, 11) is 3.26. The van der Waals surface area contributed by atoms with Crippen LogP contribution < -0.4 is 10.6 Å². The van der Waals surface area contributed by atoms with Crippen molar-refractivity contribution in [3.05, 3.63) is 82.3 Å². The standard InChI is InChI=1S/C24H20ClN5O5/c1-30(2)24(34)14-5-3-13(4-6-14)22(32)29-20-19-17(9-8-16(12-31)27-19)35-21(20)23(33)28-18-10-7-15(25)11-26-18/h3-11,31H,12H2,1-2H3,(H,29,32)(H,26,28,33). The number of rotatable bonds is 6. The highest BCUT2D eigenvalue weighted by Crippen LogP contribution is 2.31. The lowest BCUT2D eigenvalue weighted by molar-refractivity contribution is 0.0826. The van der Waals surface area contributed by atoms with Crippen molar-refractivity contribution < 1.29 is 23.9 Å². The van der Waals surface area contributed by atoms with Crippen molar-refractivity contribution in [2.24, 2.45) is 0 Å². The zero-order valence-electron chi connectivity index (χ0n) is 18.7. The fourth-order valence-corrected chi connectivity index (χ4v) is 3.32. The van der Waals surface area contributed by atoms with Gasteiger partial charge in [0.2, 0.25) is 5.76 Å². The number of amides is 3. The molecule has 0 radical (unpaired) electrons. The third kappa shape index (κ3) is 5.13. The molecule has 0 saturated heterocycles. The Balaban J connectivity index is 1.68. The number of halogens is 1. The number of nitrogens with one attached hydrogen (secondary N) is 2. The number of carbonyl (C=O) groups excluding carboxylic acids is 3. The van der Waals surface area contributed by atoms with Crippen LogP contribution in [0.15, 0.2) is 59.1 Å². The molecule has 0 saturated carbocycles. The van der Waals surface area contributed by atoms with Crippen LogP contribution in [0.4, 0.5) is 11.5 Å². The molecule has 3 N–H and O–H groups in total. The van der Waals surface area contributed by atoms with Crippen molar-refractivity contribution in [1.82, 2.24) is 14.9 Å². The van der Waals surface area contributed by atoms with E-state index in [-0.39, 0.29) is 46.4 Å².